The highest BCUT2D eigenvalue weighted by molar-refractivity contribution is 7.80. The van der Waals surface area contributed by atoms with E-state index in [-0.39, 0.29) is 36.9 Å². The van der Waals surface area contributed by atoms with Crippen molar-refractivity contribution in [2.24, 2.45) is 0 Å². The molecule has 13 heteroatoms. The number of hydrogen-bond acceptors (Lipinski definition) is 6. The molecule has 0 aliphatic carbocycles. The summed E-state index contributed by atoms with van der Waals surface area (Å²) in [5, 5.41) is 5.55. The molecule has 1 saturated heterocycles. The first-order valence-corrected chi connectivity index (χ1v) is 12.0. The highest BCUT2D eigenvalue weighted by atomic mass is 32.1. The molecule has 0 aromatic heterocycles. The number of benzene rings is 3. The van der Waals surface area contributed by atoms with Crippen LogP contribution in [0.2, 0.25) is 0 Å². The van der Waals surface area contributed by atoms with Gasteiger partial charge >= 0.3 is 0 Å². The summed E-state index contributed by atoms with van der Waals surface area (Å²) < 4.78 is 79.3. The van der Waals surface area contributed by atoms with Crippen LogP contribution in [0.1, 0.15) is 10.4 Å². The number of carbonyl (C=O) groups excluding carboxylic acids is 1. The van der Waals surface area contributed by atoms with Crippen molar-refractivity contribution in [1.82, 2.24) is 5.32 Å². The van der Waals surface area contributed by atoms with Crippen LogP contribution in [0.3, 0.4) is 0 Å². The number of thiocarbonyl (C=S) groups is 1. The van der Waals surface area contributed by atoms with E-state index in [4.69, 9.17) is 21.7 Å². The van der Waals surface area contributed by atoms with Gasteiger partial charge in [-0.15, -0.1) is 0 Å². The van der Waals surface area contributed by atoms with Gasteiger partial charge in [0.25, 0.3) is 5.91 Å². The number of nitrogens with one attached hydrogen (secondary N) is 2. The molecule has 7 nitrogen and oxygen atoms in total. The monoisotopic (exact) mass is 566 g/mol. The summed E-state index contributed by atoms with van der Waals surface area (Å²) in [6.07, 6.45) is 0. The molecule has 2 N–H and O–H groups in total. The van der Waals surface area contributed by atoms with E-state index in [1.807, 2.05) is 4.90 Å². The topological polar surface area (TPSA) is 66.1 Å². The van der Waals surface area contributed by atoms with Crippen molar-refractivity contribution in [3.8, 4) is 11.5 Å². The van der Waals surface area contributed by atoms with E-state index in [0.717, 1.165) is 10.6 Å². The van der Waals surface area contributed by atoms with E-state index in [2.05, 4.69) is 10.6 Å². The average molecular weight is 567 g/mol. The molecule has 1 amide bonds. The smallest absolute Gasteiger partial charge is 0.261 e. The van der Waals surface area contributed by atoms with E-state index < -0.39 is 40.7 Å². The van der Waals surface area contributed by atoms with Gasteiger partial charge in [-0.25, -0.2) is 22.0 Å². The number of methoxy groups -OCH3 is 2. The molecule has 0 atom stereocenters. The Morgan fingerprint density at radius 3 is 1.92 bits per heavy atom. The van der Waals surface area contributed by atoms with E-state index in [1.165, 1.54) is 14.2 Å². The third-order valence-electron chi connectivity index (χ3n) is 6.15. The van der Waals surface area contributed by atoms with Gasteiger partial charge in [0.2, 0.25) is 5.82 Å². The number of ether oxygens (including phenoxy) is 2. The molecular formula is C26H23F5N4O3S. The summed E-state index contributed by atoms with van der Waals surface area (Å²) in [5.74, 6) is -9.43. The Morgan fingerprint density at radius 1 is 0.795 bits per heavy atom. The maximum atomic E-state index is 14.2. The van der Waals surface area contributed by atoms with Gasteiger partial charge in [-0.2, -0.15) is 0 Å². The predicted octanol–water partition coefficient (Wildman–Crippen LogP) is 4.85. The minimum Gasteiger partial charge on any atom is -0.497 e. The van der Waals surface area contributed by atoms with Crippen LogP contribution in [0.4, 0.5) is 39.0 Å². The summed E-state index contributed by atoms with van der Waals surface area (Å²) in [7, 11) is 2.93. The summed E-state index contributed by atoms with van der Waals surface area (Å²) in [6.45, 7) is 0.654. The second-order valence-electron chi connectivity index (χ2n) is 8.41. The first-order chi connectivity index (χ1) is 18.6. The molecule has 0 spiro atoms. The van der Waals surface area contributed by atoms with Crippen LogP contribution >= 0.6 is 12.2 Å². The van der Waals surface area contributed by atoms with E-state index in [0.29, 0.717) is 17.2 Å². The Morgan fingerprint density at radius 2 is 1.36 bits per heavy atom. The molecule has 3 aromatic carbocycles. The minimum atomic E-state index is -2.18. The van der Waals surface area contributed by atoms with Crippen molar-refractivity contribution in [3.05, 3.63) is 77.1 Å². The molecule has 0 radical (unpaired) electrons. The molecule has 1 aliphatic heterocycles. The molecule has 0 unspecified atom stereocenters. The Bertz CT molecular complexity index is 1370. The molecule has 0 saturated carbocycles. The summed E-state index contributed by atoms with van der Waals surface area (Å²) in [5.41, 5.74) is 0.706. The van der Waals surface area contributed by atoms with Gasteiger partial charge in [0, 0.05) is 43.6 Å². The lowest BCUT2D eigenvalue weighted by Crippen LogP contribution is -2.47. The largest absolute Gasteiger partial charge is 0.497 e. The maximum Gasteiger partial charge on any atom is 0.261 e. The highest BCUT2D eigenvalue weighted by Gasteiger charge is 2.30. The first-order valence-electron chi connectivity index (χ1n) is 11.6. The lowest BCUT2D eigenvalue weighted by atomic mass is 10.1. The number of carbonyl (C=O) groups is 1. The molecule has 206 valence electrons. The zero-order valence-electron chi connectivity index (χ0n) is 20.8. The third kappa shape index (κ3) is 5.82. The van der Waals surface area contributed by atoms with Crippen molar-refractivity contribution >= 4 is 40.3 Å². The fourth-order valence-electron chi connectivity index (χ4n) is 4.13. The first kappa shape index (κ1) is 27.9. The summed E-state index contributed by atoms with van der Waals surface area (Å²) in [4.78, 5) is 15.7. The molecule has 3 aromatic rings. The second-order valence-corrected chi connectivity index (χ2v) is 8.82. The molecule has 4 rings (SSSR count). The van der Waals surface area contributed by atoms with Crippen LogP contribution < -0.4 is 29.9 Å². The maximum absolute atomic E-state index is 14.2. The molecule has 1 fully saturated rings. The normalized spacial score (nSPS) is 13.2. The molecule has 1 heterocycles. The quantitative estimate of drug-likeness (QED) is 0.191. The fraction of sp³-hybridized carbons (Fsp3) is 0.231. The van der Waals surface area contributed by atoms with Gasteiger partial charge in [0.1, 0.15) is 17.2 Å². The van der Waals surface area contributed by atoms with Crippen LogP contribution in [-0.4, -0.2) is 51.4 Å². The van der Waals surface area contributed by atoms with Gasteiger partial charge < -0.3 is 24.6 Å². The Labute approximate surface area is 226 Å². The van der Waals surface area contributed by atoms with Gasteiger partial charge in [-0.05, 0) is 48.6 Å². The van der Waals surface area contributed by atoms with Gasteiger partial charge in [0.05, 0.1) is 19.8 Å². The van der Waals surface area contributed by atoms with Gasteiger partial charge in [-0.1, -0.05) is 0 Å². The summed E-state index contributed by atoms with van der Waals surface area (Å²) >= 11 is 5.24. The van der Waals surface area contributed by atoms with E-state index in [1.54, 1.807) is 42.5 Å². The molecular weight excluding hydrogens is 543 g/mol. The van der Waals surface area contributed by atoms with Crippen LogP contribution in [-0.2, 0) is 0 Å². The number of piperazine rings is 1. The van der Waals surface area contributed by atoms with Crippen molar-refractivity contribution in [3.63, 3.8) is 0 Å². The number of nitrogens with zero attached hydrogens (tertiary/aromatic N) is 2. The number of rotatable bonds is 6. The van der Waals surface area contributed by atoms with E-state index >= 15 is 0 Å². The summed E-state index contributed by atoms with van der Waals surface area (Å²) in [6, 6.07) is 11.7. The standard InChI is InChI=1S/C26H23F5N4O3S/c1-37-16-7-8-17(18(13-16)38-2)25(36)33-26(39)32-14-3-5-15(6-4-14)34-9-11-35(12-10-34)24-22(30)20(28)19(27)21(29)23(24)31/h3-8,13H,9-12H2,1-2H3,(H2,32,33,36,39). The molecule has 1 aliphatic rings. The molecule has 0 bridgehead atoms. The fourth-order valence-corrected chi connectivity index (χ4v) is 4.34. The SMILES string of the molecule is COc1ccc(C(=O)NC(=S)Nc2ccc(N3CCN(c4c(F)c(F)c(F)c(F)c4F)CC3)cc2)c(OC)c1. The highest BCUT2D eigenvalue weighted by Crippen LogP contribution is 2.31. The Kier molecular flexibility index (Phi) is 8.38. The van der Waals surface area contributed by atoms with E-state index in [9.17, 15) is 26.7 Å². The number of hydrogen-bond donors (Lipinski definition) is 2. The zero-order valence-corrected chi connectivity index (χ0v) is 21.6. The number of halogens is 5. The van der Waals surface area contributed by atoms with Crippen molar-refractivity contribution in [1.29, 1.82) is 0 Å². The second kappa shape index (κ2) is 11.7. The predicted molar refractivity (Wildman–Crippen MR) is 140 cm³/mol. The van der Waals surface area contributed by atoms with Crippen LogP contribution in [0.5, 0.6) is 11.5 Å². The van der Waals surface area contributed by atoms with Crippen molar-refractivity contribution in [2.45, 2.75) is 0 Å². The minimum absolute atomic E-state index is 0.0449. The van der Waals surface area contributed by atoms with Crippen LogP contribution in [0.15, 0.2) is 42.5 Å². The lowest BCUT2D eigenvalue weighted by Gasteiger charge is -2.37. The number of amides is 1. The van der Waals surface area contributed by atoms with Gasteiger partial charge in [-0.3, -0.25) is 10.1 Å². The average Bonchev–Trinajstić information content (AvgIpc) is 2.95. The Balaban J connectivity index is 1.35. The van der Waals surface area contributed by atoms with Crippen molar-refractivity contribution < 1.29 is 36.2 Å². The number of anilines is 3. The van der Waals surface area contributed by atoms with Gasteiger partial charge in [0.15, 0.2) is 28.4 Å². The zero-order chi connectivity index (χ0) is 28.3. The van der Waals surface area contributed by atoms with Crippen LogP contribution in [0.25, 0.3) is 0 Å². The third-order valence-corrected chi connectivity index (χ3v) is 6.36. The van der Waals surface area contributed by atoms with Crippen molar-refractivity contribution in [2.75, 3.05) is 55.5 Å². The molecule has 39 heavy (non-hydrogen) atoms. The van der Waals surface area contributed by atoms with Crippen LogP contribution in [0, 0.1) is 29.1 Å². The Hall–Kier alpha value is -4.13. The lowest BCUT2D eigenvalue weighted by molar-refractivity contribution is 0.0974.